The minimum Gasteiger partial charge on any atom is -0.508 e. The maximum atomic E-state index is 9.28. The topological polar surface area (TPSA) is 58.9 Å². The lowest BCUT2D eigenvalue weighted by molar-refractivity contribution is 0.475. The van der Waals surface area contributed by atoms with Gasteiger partial charge in [-0.1, -0.05) is 30.3 Å². The van der Waals surface area contributed by atoms with Gasteiger partial charge < -0.3 is 5.11 Å². The maximum Gasteiger partial charge on any atom is 0.163 e. The molecule has 3 rings (SSSR count). The molecule has 0 radical (unpaired) electrons. The molecule has 0 saturated carbocycles. The molecule has 0 aliphatic heterocycles. The smallest absolute Gasteiger partial charge is 0.163 e. The number of benzene rings is 2. The molecule has 0 atom stereocenters. The summed E-state index contributed by atoms with van der Waals surface area (Å²) in [5.41, 5.74) is 1.79. The summed E-state index contributed by atoms with van der Waals surface area (Å²) in [5, 5.41) is 9.28. The Hall–Kier alpha value is -2.75. The van der Waals surface area contributed by atoms with Gasteiger partial charge in [0.1, 0.15) is 12.1 Å². The van der Waals surface area contributed by atoms with Crippen molar-refractivity contribution in [1.29, 1.82) is 0 Å². The van der Waals surface area contributed by atoms with Gasteiger partial charge in [-0.15, -0.1) is 0 Å². The number of phenolic OH excluding ortho intramolecular Hbond substituents is 1. The van der Waals surface area contributed by atoms with Gasteiger partial charge in [0.25, 0.3) is 0 Å². The zero-order chi connectivity index (χ0) is 13.1. The summed E-state index contributed by atoms with van der Waals surface area (Å²) in [6, 6.07) is 16.5. The second-order valence-electron chi connectivity index (χ2n) is 4.05. The van der Waals surface area contributed by atoms with E-state index in [0.29, 0.717) is 11.6 Å². The first-order valence-corrected chi connectivity index (χ1v) is 5.87. The summed E-state index contributed by atoms with van der Waals surface area (Å²) < 4.78 is 0. The first kappa shape index (κ1) is 11.3. The van der Waals surface area contributed by atoms with Gasteiger partial charge in [-0.25, -0.2) is 15.0 Å². The Morgan fingerprint density at radius 1 is 0.684 bits per heavy atom. The predicted molar refractivity (Wildman–Crippen MR) is 72.4 cm³/mol. The number of aromatic hydroxyl groups is 1. The maximum absolute atomic E-state index is 9.28. The van der Waals surface area contributed by atoms with E-state index in [-0.39, 0.29) is 5.75 Å². The van der Waals surface area contributed by atoms with Crippen molar-refractivity contribution in [1.82, 2.24) is 15.0 Å². The lowest BCUT2D eigenvalue weighted by Gasteiger charge is -2.03. The molecule has 2 aromatic carbocycles. The average molecular weight is 249 g/mol. The molecule has 0 aliphatic carbocycles. The monoisotopic (exact) mass is 249 g/mol. The number of aromatic nitrogens is 3. The third-order valence-corrected chi connectivity index (χ3v) is 2.73. The zero-order valence-corrected chi connectivity index (χ0v) is 10.1. The second kappa shape index (κ2) is 4.86. The summed E-state index contributed by atoms with van der Waals surface area (Å²) in [7, 11) is 0. The number of nitrogens with zero attached hydrogens (tertiary/aromatic N) is 3. The highest BCUT2D eigenvalue weighted by Crippen LogP contribution is 2.20. The molecule has 0 saturated heterocycles. The highest BCUT2D eigenvalue weighted by Gasteiger charge is 2.05. The van der Waals surface area contributed by atoms with Crippen molar-refractivity contribution in [3.8, 4) is 28.5 Å². The van der Waals surface area contributed by atoms with E-state index in [9.17, 15) is 5.11 Å². The van der Waals surface area contributed by atoms with E-state index >= 15 is 0 Å². The van der Waals surface area contributed by atoms with Crippen LogP contribution in [0.1, 0.15) is 0 Å². The Balaban J connectivity index is 2.03. The Bertz CT molecular complexity index is 681. The Morgan fingerprint density at radius 2 is 1.26 bits per heavy atom. The van der Waals surface area contributed by atoms with Crippen LogP contribution in [-0.4, -0.2) is 20.1 Å². The van der Waals surface area contributed by atoms with Crippen LogP contribution in [0.2, 0.25) is 0 Å². The molecule has 4 nitrogen and oxygen atoms in total. The van der Waals surface area contributed by atoms with Gasteiger partial charge >= 0.3 is 0 Å². The van der Waals surface area contributed by atoms with Crippen molar-refractivity contribution in [3.05, 3.63) is 60.9 Å². The first-order valence-electron chi connectivity index (χ1n) is 5.87. The molecule has 19 heavy (non-hydrogen) atoms. The Morgan fingerprint density at radius 3 is 1.89 bits per heavy atom. The number of hydrogen-bond acceptors (Lipinski definition) is 4. The van der Waals surface area contributed by atoms with E-state index in [2.05, 4.69) is 15.0 Å². The van der Waals surface area contributed by atoms with E-state index in [4.69, 9.17) is 0 Å². The first-order chi connectivity index (χ1) is 9.33. The third kappa shape index (κ3) is 2.42. The molecular formula is C15H11N3O. The molecule has 0 fully saturated rings. The highest BCUT2D eigenvalue weighted by atomic mass is 16.3. The molecule has 0 bridgehead atoms. The highest BCUT2D eigenvalue weighted by molar-refractivity contribution is 5.60. The summed E-state index contributed by atoms with van der Waals surface area (Å²) in [4.78, 5) is 12.8. The van der Waals surface area contributed by atoms with Crippen LogP contribution in [0, 0.1) is 0 Å². The van der Waals surface area contributed by atoms with Crippen LogP contribution in [0.25, 0.3) is 22.8 Å². The van der Waals surface area contributed by atoms with E-state index in [1.54, 1.807) is 24.3 Å². The van der Waals surface area contributed by atoms with E-state index in [0.717, 1.165) is 11.1 Å². The van der Waals surface area contributed by atoms with Crippen LogP contribution in [-0.2, 0) is 0 Å². The largest absolute Gasteiger partial charge is 0.508 e. The molecule has 92 valence electrons. The van der Waals surface area contributed by atoms with Crippen molar-refractivity contribution in [2.24, 2.45) is 0 Å². The molecule has 3 aromatic rings. The van der Waals surface area contributed by atoms with E-state index in [1.165, 1.54) is 6.33 Å². The third-order valence-electron chi connectivity index (χ3n) is 2.73. The van der Waals surface area contributed by atoms with Crippen molar-refractivity contribution in [2.45, 2.75) is 0 Å². The fraction of sp³-hybridized carbons (Fsp3) is 0. The minimum absolute atomic E-state index is 0.223. The summed E-state index contributed by atoms with van der Waals surface area (Å²) in [6.07, 6.45) is 1.50. The zero-order valence-electron chi connectivity index (χ0n) is 10.1. The molecule has 1 heterocycles. The second-order valence-corrected chi connectivity index (χ2v) is 4.05. The molecule has 4 heteroatoms. The van der Waals surface area contributed by atoms with Crippen LogP contribution >= 0.6 is 0 Å². The number of phenols is 1. The average Bonchev–Trinajstić information content (AvgIpc) is 2.49. The molecule has 0 amide bonds. The van der Waals surface area contributed by atoms with Crippen LogP contribution in [0.5, 0.6) is 5.75 Å². The predicted octanol–water partition coefficient (Wildman–Crippen LogP) is 2.91. The van der Waals surface area contributed by atoms with Crippen molar-refractivity contribution in [2.75, 3.05) is 0 Å². The summed E-state index contributed by atoms with van der Waals surface area (Å²) >= 11 is 0. The van der Waals surface area contributed by atoms with Crippen LogP contribution in [0.4, 0.5) is 0 Å². The quantitative estimate of drug-likeness (QED) is 0.758. The fourth-order valence-electron chi connectivity index (χ4n) is 1.77. The molecule has 0 spiro atoms. The van der Waals surface area contributed by atoms with Crippen LogP contribution < -0.4 is 0 Å². The minimum atomic E-state index is 0.223. The lowest BCUT2D eigenvalue weighted by Crippen LogP contribution is -1.94. The van der Waals surface area contributed by atoms with E-state index in [1.807, 2.05) is 30.3 Å². The number of hydrogen-bond donors (Lipinski definition) is 1. The van der Waals surface area contributed by atoms with Crippen molar-refractivity contribution < 1.29 is 5.11 Å². The lowest BCUT2D eigenvalue weighted by atomic mass is 10.2. The van der Waals surface area contributed by atoms with Gasteiger partial charge in [0.2, 0.25) is 0 Å². The van der Waals surface area contributed by atoms with Gasteiger partial charge in [-0.2, -0.15) is 0 Å². The fourth-order valence-corrected chi connectivity index (χ4v) is 1.77. The molecule has 0 unspecified atom stereocenters. The normalized spacial score (nSPS) is 10.3. The number of rotatable bonds is 2. The van der Waals surface area contributed by atoms with Crippen LogP contribution in [0.3, 0.4) is 0 Å². The van der Waals surface area contributed by atoms with Gasteiger partial charge in [-0.05, 0) is 24.3 Å². The summed E-state index contributed by atoms with van der Waals surface area (Å²) in [6.45, 7) is 0. The van der Waals surface area contributed by atoms with Crippen molar-refractivity contribution >= 4 is 0 Å². The van der Waals surface area contributed by atoms with Crippen molar-refractivity contribution in [3.63, 3.8) is 0 Å². The van der Waals surface area contributed by atoms with Gasteiger partial charge in [0.05, 0.1) is 0 Å². The van der Waals surface area contributed by atoms with Gasteiger partial charge in [0, 0.05) is 11.1 Å². The Kier molecular flexibility index (Phi) is 2.90. The van der Waals surface area contributed by atoms with E-state index < -0.39 is 0 Å². The standard InChI is InChI=1S/C15H11N3O/c19-13-8-6-12(7-9-13)15-17-10-16-14(18-15)11-4-2-1-3-5-11/h1-10,19H. The van der Waals surface area contributed by atoms with Gasteiger partial charge in [-0.3, -0.25) is 0 Å². The molecule has 1 N–H and O–H groups in total. The Labute approximate surface area is 110 Å². The van der Waals surface area contributed by atoms with Crippen LogP contribution in [0.15, 0.2) is 60.9 Å². The molecule has 0 aliphatic rings. The SMILES string of the molecule is Oc1ccc(-c2ncnc(-c3ccccc3)n2)cc1. The molecular weight excluding hydrogens is 238 g/mol. The summed E-state index contributed by atoms with van der Waals surface area (Å²) in [5.74, 6) is 1.45. The van der Waals surface area contributed by atoms with Gasteiger partial charge in [0.15, 0.2) is 11.6 Å². The molecule has 1 aromatic heterocycles.